The molecule has 1 heterocycles. The van der Waals surface area contributed by atoms with Crippen LogP contribution in [0.4, 0.5) is 13.2 Å². The highest BCUT2D eigenvalue weighted by Crippen LogP contribution is 2.18. The lowest BCUT2D eigenvalue weighted by molar-refractivity contribution is -0.137. The van der Waals surface area contributed by atoms with Crippen molar-refractivity contribution in [2.45, 2.75) is 31.7 Å². The summed E-state index contributed by atoms with van der Waals surface area (Å²) in [5.41, 5.74) is 0. The lowest BCUT2D eigenvalue weighted by Gasteiger charge is -2.29. The number of hydrogen-bond donors (Lipinski definition) is 2. The lowest BCUT2D eigenvalue weighted by atomic mass is 10.1. The van der Waals surface area contributed by atoms with E-state index >= 15 is 0 Å². The fourth-order valence-corrected chi connectivity index (χ4v) is 1.46. The molecule has 1 saturated heterocycles. The Kier molecular flexibility index (Phi) is 4.55. The van der Waals surface area contributed by atoms with Crippen molar-refractivity contribution in [1.82, 2.24) is 10.6 Å². The van der Waals surface area contributed by atoms with E-state index in [1.807, 2.05) is 0 Å². The lowest BCUT2D eigenvalue weighted by Crippen LogP contribution is -2.55. The van der Waals surface area contributed by atoms with E-state index in [9.17, 15) is 18.0 Å². The first-order chi connectivity index (χ1) is 7.40. The number of morpholine rings is 1. The molecule has 2 atom stereocenters. The van der Waals surface area contributed by atoms with Crippen LogP contribution >= 0.6 is 0 Å². The molecule has 0 radical (unpaired) electrons. The molecule has 1 amide bonds. The Hall–Kier alpha value is -0.820. The number of ether oxygens (including phenoxy) is 1. The molecule has 7 heteroatoms. The maximum absolute atomic E-state index is 11.8. The molecule has 0 unspecified atom stereocenters. The SMILES string of the molecule is C[C@H]1OCCN[C@@H]1C(=O)NCCC(F)(F)F. The summed E-state index contributed by atoms with van der Waals surface area (Å²) in [6.45, 7) is 2.35. The van der Waals surface area contributed by atoms with Crippen LogP contribution in [0, 0.1) is 0 Å². The summed E-state index contributed by atoms with van der Waals surface area (Å²) in [5, 5.41) is 5.14. The van der Waals surface area contributed by atoms with Gasteiger partial charge in [0.05, 0.1) is 19.1 Å². The summed E-state index contributed by atoms with van der Waals surface area (Å²) in [6, 6.07) is -0.568. The Balaban J connectivity index is 2.29. The molecule has 0 aromatic heterocycles. The zero-order valence-electron chi connectivity index (χ0n) is 8.93. The van der Waals surface area contributed by atoms with E-state index in [1.54, 1.807) is 6.92 Å². The molecule has 1 aliphatic heterocycles. The fourth-order valence-electron chi connectivity index (χ4n) is 1.46. The van der Waals surface area contributed by atoms with E-state index < -0.39 is 31.1 Å². The summed E-state index contributed by atoms with van der Waals surface area (Å²) in [5.74, 6) is -0.448. The normalized spacial score (nSPS) is 26.5. The van der Waals surface area contributed by atoms with Gasteiger partial charge in [-0.1, -0.05) is 0 Å². The average molecular weight is 240 g/mol. The van der Waals surface area contributed by atoms with Gasteiger partial charge in [-0.15, -0.1) is 0 Å². The number of rotatable bonds is 3. The van der Waals surface area contributed by atoms with Crippen LogP contribution in [-0.2, 0) is 9.53 Å². The zero-order valence-corrected chi connectivity index (χ0v) is 8.93. The molecule has 94 valence electrons. The second-order valence-corrected chi connectivity index (χ2v) is 3.66. The van der Waals surface area contributed by atoms with Crippen LogP contribution in [0.5, 0.6) is 0 Å². The first-order valence-corrected chi connectivity index (χ1v) is 5.09. The van der Waals surface area contributed by atoms with Crippen LogP contribution in [-0.4, -0.2) is 43.9 Å². The summed E-state index contributed by atoms with van der Waals surface area (Å²) in [4.78, 5) is 11.5. The maximum atomic E-state index is 11.8. The second kappa shape index (κ2) is 5.49. The van der Waals surface area contributed by atoms with Crippen molar-refractivity contribution in [3.8, 4) is 0 Å². The first kappa shape index (κ1) is 13.2. The van der Waals surface area contributed by atoms with E-state index in [-0.39, 0.29) is 6.10 Å². The Bertz CT molecular complexity index is 245. The second-order valence-electron chi connectivity index (χ2n) is 3.66. The molecular formula is C9H15F3N2O2. The van der Waals surface area contributed by atoms with Crippen molar-refractivity contribution in [3.05, 3.63) is 0 Å². The predicted octanol–water partition coefficient (Wildman–Crippen LogP) is 0.432. The van der Waals surface area contributed by atoms with Gasteiger partial charge in [-0.3, -0.25) is 4.79 Å². The van der Waals surface area contributed by atoms with Crippen LogP contribution in [0.1, 0.15) is 13.3 Å². The van der Waals surface area contributed by atoms with Crippen LogP contribution in [0.25, 0.3) is 0 Å². The molecule has 0 bridgehead atoms. The fraction of sp³-hybridized carbons (Fsp3) is 0.889. The maximum Gasteiger partial charge on any atom is 0.390 e. The minimum Gasteiger partial charge on any atom is -0.375 e. The van der Waals surface area contributed by atoms with Crippen molar-refractivity contribution in [2.24, 2.45) is 0 Å². The topological polar surface area (TPSA) is 50.4 Å². The van der Waals surface area contributed by atoms with Crippen LogP contribution in [0.3, 0.4) is 0 Å². The van der Waals surface area contributed by atoms with Gasteiger partial charge in [0, 0.05) is 13.1 Å². The number of halogens is 3. The largest absolute Gasteiger partial charge is 0.390 e. The molecule has 0 saturated carbocycles. The van der Waals surface area contributed by atoms with Crippen LogP contribution < -0.4 is 10.6 Å². The van der Waals surface area contributed by atoms with Crippen molar-refractivity contribution in [1.29, 1.82) is 0 Å². The smallest absolute Gasteiger partial charge is 0.375 e. The number of carbonyl (C=O) groups is 1. The molecule has 1 fully saturated rings. The van der Waals surface area contributed by atoms with Gasteiger partial charge in [0.2, 0.25) is 5.91 Å². The molecule has 0 spiro atoms. The van der Waals surface area contributed by atoms with Gasteiger partial charge in [-0.25, -0.2) is 0 Å². The minimum absolute atomic E-state index is 0.320. The van der Waals surface area contributed by atoms with E-state index in [0.29, 0.717) is 13.2 Å². The summed E-state index contributed by atoms with van der Waals surface area (Å²) in [7, 11) is 0. The first-order valence-electron chi connectivity index (χ1n) is 5.09. The minimum atomic E-state index is -4.24. The van der Waals surface area contributed by atoms with Crippen molar-refractivity contribution >= 4 is 5.91 Å². The summed E-state index contributed by atoms with van der Waals surface area (Å²) < 4.78 is 40.7. The number of carbonyl (C=O) groups excluding carboxylic acids is 1. The van der Waals surface area contributed by atoms with E-state index in [0.717, 1.165) is 0 Å². The van der Waals surface area contributed by atoms with Crippen molar-refractivity contribution < 1.29 is 22.7 Å². The van der Waals surface area contributed by atoms with E-state index in [1.165, 1.54) is 0 Å². The highest BCUT2D eigenvalue weighted by molar-refractivity contribution is 5.82. The Morgan fingerprint density at radius 3 is 2.81 bits per heavy atom. The van der Waals surface area contributed by atoms with Gasteiger partial charge in [0.1, 0.15) is 6.04 Å². The van der Waals surface area contributed by atoms with Gasteiger partial charge in [-0.2, -0.15) is 13.2 Å². The number of alkyl halides is 3. The molecule has 16 heavy (non-hydrogen) atoms. The monoisotopic (exact) mass is 240 g/mol. The highest BCUT2D eigenvalue weighted by Gasteiger charge is 2.30. The molecule has 1 rings (SSSR count). The van der Waals surface area contributed by atoms with Crippen molar-refractivity contribution in [3.63, 3.8) is 0 Å². The molecule has 0 aromatic carbocycles. The highest BCUT2D eigenvalue weighted by atomic mass is 19.4. The van der Waals surface area contributed by atoms with Gasteiger partial charge in [-0.05, 0) is 6.92 Å². The third kappa shape index (κ3) is 4.36. The summed E-state index contributed by atoms with van der Waals surface area (Å²) in [6.07, 6.45) is -5.57. The third-order valence-electron chi connectivity index (χ3n) is 2.31. The molecular weight excluding hydrogens is 225 g/mol. The van der Waals surface area contributed by atoms with Gasteiger partial charge in [0.15, 0.2) is 0 Å². The van der Waals surface area contributed by atoms with Gasteiger partial charge in [0.25, 0.3) is 0 Å². The molecule has 2 N–H and O–H groups in total. The van der Waals surface area contributed by atoms with Gasteiger partial charge < -0.3 is 15.4 Å². The predicted molar refractivity (Wildman–Crippen MR) is 50.9 cm³/mol. The van der Waals surface area contributed by atoms with Crippen molar-refractivity contribution in [2.75, 3.05) is 19.7 Å². The number of nitrogens with one attached hydrogen (secondary N) is 2. The summed E-state index contributed by atoms with van der Waals surface area (Å²) >= 11 is 0. The molecule has 0 aromatic rings. The van der Waals surface area contributed by atoms with E-state index in [4.69, 9.17) is 4.74 Å². The Labute approximate surface area is 91.5 Å². The zero-order chi connectivity index (χ0) is 12.2. The molecule has 0 aliphatic carbocycles. The van der Waals surface area contributed by atoms with Gasteiger partial charge >= 0.3 is 6.18 Å². The van der Waals surface area contributed by atoms with E-state index in [2.05, 4.69) is 10.6 Å². The Morgan fingerprint density at radius 1 is 1.56 bits per heavy atom. The quantitative estimate of drug-likeness (QED) is 0.752. The third-order valence-corrected chi connectivity index (χ3v) is 2.31. The molecule has 1 aliphatic rings. The number of hydrogen-bond acceptors (Lipinski definition) is 3. The van der Waals surface area contributed by atoms with Crippen LogP contribution in [0.15, 0.2) is 0 Å². The number of amides is 1. The molecule has 4 nitrogen and oxygen atoms in total. The Morgan fingerprint density at radius 2 is 2.25 bits per heavy atom. The average Bonchev–Trinajstić information content (AvgIpc) is 2.16. The standard InChI is InChI=1S/C9H15F3N2O2/c1-6-7(13-4-5-16-6)8(15)14-3-2-9(10,11)12/h6-7,13H,2-5H2,1H3,(H,14,15)/t6-,7+/m1/s1. The van der Waals surface area contributed by atoms with Crippen LogP contribution in [0.2, 0.25) is 0 Å².